The summed E-state index contributed by atoms with van der Waals surface area (Å²) >= 11 is 5.48. The number of rotatable bonds is 0. The van der Waals surface area contributed by atoms with E-state index in [4.69, 9.17) is 21.8 Å². The lowest BCUT2D eigenvalue weighted by molar-refractivity contribution is 0.593. The second-order valence-electron chi connectivity index (χ2n) is 2.06. The molecule has 0 radical (unpaired) electrons. The van der Waals surface area contributed by atoms with Crippen molar-refractivity contribution < 1.29 is 4.42 Å². The number of halogens is 1. The van der Waals surface area contributed by atoms with E-state index < -0.39 is 0 Å². The summed E-state index contributed by atoms with van der Waals surface area (Å²) < 4.78 is 4.91. The highest BCUT2D eigenvalue weighted by atomic mass is 35.5. The van der Waals surface area contributed by atoms with Gasteiger partial charge < -0.3 is 10.2 Å². The quantitative estimate of drug-likeness (QED) is 0.649. The molecule has 2 heterocycles. The predicted molar refractivity (Wildman–Crippen MR) is 41.2 cm³/mol. The smallest absolute Gasteiger partial charge is 0.294 e. The number of nitrogens with two attached hydrogens (primary N) is 1. The van der Waals surface area contributed by atoms with Gasteiger partial charge in [0.15, 0.2) is 0 Å². The Morgan fingerprint density at radius 3 is 3.18 bits per heavy atom. The Morgan fingerprint density at radius 1 is 1.55 bits per heavy atom. The topological polar surface area (TPSA) is 64.9 Å². The van der Waals surface area contributed by atoms with Crippen LogP contribution >= 0.6 is 11.6 Å². The van der Waals surface area contributed by atoms with Crippen molar-refractivity contribution in [2.24, 2.45) is 0 Å². The van der Waals surface area contributed by atoms with E-state index in [2.05, 4.69) is 9.97 Å². The summed E-state index contributed by atoms with van der Waals surface area (Å²) in [4.78, 5) is 7.69. The molecule has 0 aliphatic carbocycles. The average molecular weight is 170 g/mol. The minimum absolute atomic E-state index is 0.0816. The lowest BCUT2D eigenvalue weighted by atomic mass is 10.4. The van der Waals surface area contributed by atoms with Gasteiger partial charge in [-0.2, -0.15) is 4.98 Å². The predicted octanol–water partition coefficient (Wildman–Crippen LogP) is 1.46. The summed E-state index contributed by atoms with van der Waals surface area (Å²) in [6.45, 7) is 0. The lowest BCUT2D eigenvalue weighted by Crippen LogP contribution is -1.84. The second-order valence-corrected chi connectivity index (χ2v) is 2.38. The molecular formula is C6H4ClN3O. The summed E-state index contributed by atoms with van der Waals surface area (Å²) in [6, 6.07) is 1.65. The number of fused-ring (bicyclic) bond motifs is 1. The summed E-state index contributed by atoms with van der Waals surface area (Å²) in [6.07, 6.45) is 1.49. The van der Waals surface area contributed by atoms with E-state index in [-0.39, 0.29) is 5.35 Å². The molecule has 11 heavy (non-hydrogen) atoms. The molecule has 0 bridgehead atoms. The van der Waals surface area contributed by atoms with Gasteiger partial charge in [0.2, 0.25) is 5.71 Å². The van der Waals surface area contributed by atoms with Gasteiger partial charge in [-0.1, -0.05) is 0 Å². The monoisotopic (exact) mass is 169 g/mol. The largest absolute Gasteiger partial charge is 0.408 e. The van der Waals surface area contributed by atoms with E-state index in [0.29, 0.717) is 16.9 Å². The summed E-state index contributed by atoms with van der Waals surface area (Å²) in [5.74, 6) is 0. The van der Waals surface area contributed by atoms with Crippen molar-refractivity contribution in [3.05, 3.63) is 17.6 Å². The van der Waals surface area contributed by atoms with Crippen LogP contribution in [0.2, 0.25) is 5.35 Å². The first-order chi connectivity index (χ1) is 5.25. The van der Waals surface area contributed by atoms with Crippen molar-refractivity contribution in [2.45, 2.75) is 0 Å². The fourth-order valence-corrected chi connectivity index (χ4v) is 0.976. The number of aromatic nitrogens is 2. The molecular weight excluding hydrogens is 166 g/mol. The number of oxazole rings is 1. The van der Waals surface area contributed by atoms with Gasteiger partial charge in [-0.3, -0.25) is 0 Å². The van der Waals surface area contributed by atoms with Crippen molar-refractivity contribution >= 4 is 28.5 Å². The summed E-state index contributed by atoms with van der Waals surface area (Å²) in [5, 5.41) is 0.0816. The molecule has 0 aliphatic rings. The molecule has 2 aromatic rings. The van der Waals surface area contributed by atoms with E-state index in [1.165, 1.54) is 6.20 Å². The van der Waals surface area contributed by atoms with Crippen LogP contribution in [0, 0.1) is 0 Å². The van der Waals surface area contributed by atoms with Crippen molar-refractivity contribution in [3.8, 4) is 0 Å². The van der Waals surface area contributed by atoms with E-state index in [1.807, 2.05) is 0 Å². The molecule has 0 unspecified atom stereocenters. The van der Waals surface area contributed by atoms with E-state index in [9.17, 15) is 0 Å². The van der Waals surface area contributed by atoms with Gasteiger partial charge in [-0.05, 0) is 17.7 Å². The van der Waals surface area contributed by atoms with Crippen LogP contribution in [0.3, 0.4) is 0 Å². The maximum absolute atomic E-state index is 5.48. The molecule has 0 spiro atoms. The Bertz CT molecular complexity index is 398. The first-order valence-electron chi connectivity index (χ1n) is 2.93. The molecule has 5 heteroatoms. The molecule has 0 saturated heterocycles. The van der Waals surface area contributed by atoms with Crippen molar-refractivity contribution in [1.82, 2.24) is 9.97 Å². The van der Waals surface area contributed by atoms with Gasteiger partial charge in [0.05, 0.1) is 11.9 Å². The summed E-state index contributed by atoms with van der Waals surface area (Å²) in [5.41, 5.74) is 6.98. The number of pyridine rings is 1. The van der Waals surface area contributed by atoms with Crippen LogP contribution < -0.4 is 5.73 Å². The van der Waals surface area contributed by atoms with Gasteiger partial charge in [0.25, 0.3) is 5.35 Å². The molecule has 0 fully saturated rings. The molecule has 0 saturated carbocycles. The fraction of sp³-hybridized carbons (Fsp3) is 0. The van der Waals surface area contributed by atoms with Crippen LogP contribution in [0.4, 0.5) is 5.69 Å². The zero-order chi connectivity index (χ0) is 7.84. The van der Waals surface area contributed by atoms with Crippen LogP contribution in [0.15, 0.2) is 16.7 Å². The number of nitrogens with zero attached hydrogens (tertiary/aromatic N) is 2. The Hall–Kier alpha value is -1.29. The standard InChI is InChI=1S/C6H4ClN3O/c7-6-10-4-1-3(8)2-9-5(4)11-6/h1-2H,8H2. The van der Waals surface area contributed by atoms with Gasteiger partial charge in [0.1, 0.15) is 5.52 Å². The second kappa shape index (κ2) is 2.10. The highest BCUT2D eigenvalue weighted by molar-refractivity contribution is 6.28. The third-order valence-corrected chi connectivity index (χ3v) is 1.40. The third-order valence-electron chi connectivity index (χ3n) is 1.24. The van der Waals surface area contributed by atoms with Crippen molar-refractivity contribution in [2.75, 3.05) is 5.73 Å². The average Bonchev–Trinajstić information content (AvgIpc) is 2.27. The number of hydrogen-bond donors (Lipinski definition) is 1. The zero-order valence-electron chi connectivity index (χ0n) is 5.41. The third kappa shape index (κ3) is 1.01. The van der Waals surface area contributed by atoms with Crippen molar-refractivity contribution in [3.63, 3.8) is 0 Å². The van der Waals surface area contributed by atoms with E-state index in [1.54, 1.807) is 6.07 Å². The lowest BCUT2D eigenvalue weighted by Gasteiger charge is -1.87. The van der Waals surface area contributed by atoms with Crippen molar-refractivity contribution in [1.29, 1.82) is 0 Å². The molecule has 2 N–H and O–H groups in total. The molecule has 0 amide bonds. The molecule has 56 valence electrons. The van der Waals surface area contributed by atoms with Crippen LogP contribution in [0.25, 0.3) is 11.2 Å². The Labute approximate surface area is 67.0 Å². The summed E-state index contributed by atoms with van der Waals surface area (Å²) in [7, 11) is 0. The molecule has 2 aromatic heterocycles. The zero-order valence-corrected chi connectivity index (χ0v) is 6.17. The van der Waals surface area contributed by atoms with Crippen LogP contribution in [-0.4, -0.2) is 9.97 Å². The van der Waals surface area contributed by atoms with Gasteiger partial charge >= 0.3 is 0 Å². The highest BCUT2D eigenvalue weighted by Gasteiger charge is 2.03. The van der Waals surface area contributed by atoms with Crippen LogP contribution in [0.5, 0.6) is 0 Å². The Balaban J connectivity index is 2.82. The molecule has 0 aromatic carbocycles. The van der Waals surface area contributed by atoms with Gasteiger partial charge in [-0.15, -0.1) is 0 Å². The van der Waals surface area contributed by atoms with Crippen LogP contribution in [-0.2, 0) is 0 Å². The molecule has 0 aliphatic heterocycles. The van der Waals surface area contributed by atoms with Gasteiger partial charge in [0, 0.05) is 0 Å². The first kappa shape index (κ1) is 6.42. The maximum Gasteiger partial charge on any atom is 0.294 e. The molecule has 2 rings (SSSR count). The van der Waals surface area contributed by atoms with Crippen LogP contribution in [0.1, 0.15) is 0 Å². The minimum Gasteiger partial charge on any atom is -0.408 e. The maximum atomic E-state index is 5.48. The first-order valence-corrected chi connectivity index (χ1v) is 3.31. The highest BCUT2D eigenvalue weighted by Crippen LogP contribution is 2.17. The van der Waals surface area contributed by atoms with Gasteiger partial charge in [-0.25, -0.2) is 4.98 Å². The number of hydrogen-bond acceptors (Lipinski definition) is 4. The normalized spacial score (nSPS) is 10.6. The number of nitrogen functional groups attached to an aromatic ring is 1. The molecule has 0 atom stereocenters. The number of anilines is 1. The SMILES string of the molecule is Nc1cnc2oc(Cl)nc2c1. The van der Waals surface area contributed by atoms with E-state index >= 15 is 0 Å². The fourth-order valence-electron chi connectivity index (χ4n) is 0.812. The van der Waals surface area contributed by atoms with E-state index in [0.717, 1.165) is 0 Å². The minimum atomic E-state index is 0.0816. The Morgan fingerprint density at radius 2 is 2.36 bits per heavy atom. The molecule has 4 nitrogen and oxygen atoms in total. The Kier molecular flexibility index (Phi) is 1.22.